The molecule has 0 aromatic carbocycles. The van der Waals surface area contributed by atoms with E-state index in [1.807, 2.05) is 0 Å². The van der Waals surface area contributed by atoms with Gasteiger partial charge in [0.1, 0.15) is 0 Å². The fourth-order valence-corrected chi connectivity index (χ4v) is 4.59. The number of nitrogens with zero attached hydrogens (tertiary/aromatic N) is 1. The third-order valence-electron chi connectivity index (χ3n) is 5.72. The minimum absolute atomic E-state index is 0.266. The number of nitrogens with two attached hydrogens (primary N) is 1. The average molecular weight is 264 g/mol. The lowest BCUT2D eigenvalue weighted by atomic mass is 9.82. The molecular weight excluding hydrogens is 236 g/mol. The smallest absolute Gasteiger partial charge is 0.223 e. The number of likely N-dealkylation sites (tertiary alicyclic amines) is 1. The fraction of sp³-hybridized carbons (Fsp3) is 0.938. The fourth-order valence-electron chi connectivity index (χ4n) is 4.59. The van der Waals surface area contributed by atoms with E-state index in [0.29, 0.717) is 24.3 Å². The Bertz CT molecular complexity index is 331. The van der Waals surface area contributed by atoms with Gasteiger partial charge in [-0.2, -0.15) is 0 Å². The summed E-state index contributed by atoms with van der Waals surface area (Å²) in [6.07, 6.45) is 12.0. The van der Waals surface area contributed by atoms with Crippen LogP contribution in [0.5, 0.6) is 0 Å². The molecule has 0 radical (unpaired) electrons. The minimum Gasteiger partial charge on any atom is -0.339 e. The van der Waals surface area contributed by atoms with E-state index in [0.717, 1.165) is 25.3 Å². The summed E-state index contributed by atoms with van der Waals surface area (Å²) < 4.78 is 0. The maximum atomic E-state index is 12.6. The van der Waals surface area contributed by atoms with E-state index in [9.17, 15) is 4.79 Å². The number of hydrogen-bond acceptors (Lipinski definition) is 2. The highest BCUT2D eigenvalue weighted by Gasteiger charge is 2.38. The second-order valence-electron chi connectivity index (χ2n) is 6.90. The maximum Gasteiger partial charge on any atom is 0.223 e. The molecule has 19 heavy (non-hydrogen) atoms. The predicted molar refractivity (Wildman–Crippen MR) is 76.6 cm³/mol. The molecule has 3 nitrogen and oxygen atoms in total. The number of carbonyl (C=O) groups is 1. The Kier molecular flexibility index (Phi) is 4.11. The van der Waals surface area contributed by atoms with Crippen LogP contribution in [0.3, 0.4) is 0 Å². The Morgan fingerprint density at radius 3 is 2.63 bits per heavy atom. The highest BCUT2D eigenvalue weighted by Crippen LogP contribution is 2.37. The van der Waals surface area contributed by atoms with Gasteiger partial charge in [0.2, 0.25) is 5.91 Å². The largest absolute Gasteiger partial charge is 0.339 e. The van der Waals surface area contributed by atoms with Crippen molar-refractivity contribution >= 4 is 5.91 Å². The highest BCUT2D eigenvalue weighted by atomic mass is 16.2. The Labute approximate surface area is 116 Å². The van der Waals surface area contributed by atoms with Crippen molar-refractivity contribution in [2.45, 2.75) is 76.3 Å². The first-order valence-electron chi connectivity index (χ1n) is 8.31. The van der Waals surface area contributed by atoms with Gasteiger partial charge in [-0.05, 0) is 50.4 Å². The Morgan fingerprint density at radius 2 is 1.79 bits per heavy atom. The van der Waals surface area contributed by atoms with Gasteiger partial charge < -0.3 is 10.6 Å². The molecule has 3 heteroatoms. The van der Waals surface area contributed by atoms with Crippen LogP contribution >= 0.6 is 0 Å². The molecule has 1 amide bonds. The van der Waals surface area contributed by atoms with Gasteiger partial charge in [0.05, 0.1) is 0 Å². The lowest BCUT2D eigenvalue weighted by Crippen LogP contribution is -2.47. The normalized spacial score (nSPS) is 39.1. The standard InChI is InChI=1S/C16H28N2O/c17-14-8-2-1-5-13(14)11-16(19)18-10-4-7-12-6-3-9-15(12)18/h12-15H,1-11,17H2. The van der Waals surface area contributed by atoms with Crippen LogP contribution in [0.4, 0.5) is 0 Å². The second-order valence-corrected chi connectivity index (χ2v) is 6.90. The summed E-state index contributed by atoms with van der Waals surface area (Å²) in [5.41, 5.74) is 6.19. The maximum absolute atomic E-state index is 12.6. The van der Waals surface area contributed by atoms with Crippen LogP contribution in [-0.4, -0.2) is 29.4 Å². The van der Waals surface area contributed by atoms with Gasteiger partial charge >= 0.3 is 0 Å². The number of carbonyl (C=O) groups excluding carboxylic acids is 1. The molecule has 0 bridgehead atoms. The van der Waals surface area contributed by atoms with E-state index in [1.54, 1.807) is 0 Å². The summed E-state index contributed by atoms with van der Waals surface area (Å²) in [5, 5.41) is 0. The Morgan fingerprint density at radius 1 is 1.00 bits per heavy atom. The zero-order chi connectivity index (χ0) is 13.2. The van der Waals surface area contributed by atoms with Crippen molar-refractivity contribution in [2.75, 3.05) is 6.54 Å². The molecule has 3 fully saturated rings. The SMILES string of the molecule is NC1CCCCC1CC(=O)N1CCCC2CCCC21. The molecule has 108 valence electrons. The van der Waals surface area contributed by atoms with Crippen molar-refractivity contribution in [1.29, 1.82) is 0 Å². The van der Waals surface area contributed by atoms with E-state index in [4.69, 9.17) is 5.73 Å². The first-order valence-corrected chi connectivity index (χ1v) is 8.31. The second kappa shape index (κ2) is 5.82. The van der Waals surface area contributed by atoms with Gasteiger partial charge in [-0.25, -0.2) is 0 Å². The van der Waals surface area contributed by atoms with Crippen molar-refractivity contribution in [3.05, 3.63) is 0 Å². The van der Waals surface area contributed by atoms with Crippen LogP contribution in [0.2, 0.25) is 0 Å². The van der Waals surface area contributed by atoms with Crippen molar-refractivity contribution in [2.24, 2.45) is 17.6 Å². The molecule has 2 aliphatic carbocycles. The molecular formula is C16H28N2O. The van der Waals surface area contributed by atoms with Gasteiger partial charge in [0.25, 0.3) is 0 Å². The van der Waals surface area contributed by atoms with Gasteiger partial charge in [-0.3, -0.25) is 4.79 Å². The van der Waals surface area contributed by atoms with Crippen LogP contribution in [-0.2, 0) is 4.79 Å². The van der Waals surface area contributed by atoms with Crippen LogP contribution in [0.1, 0.15) is 64.2 Å². The third-order valence-corrected chi connectivity index (χ3v) is 5.72. The molecule has 0 aromatic heterocycles. The lowest BCUT2D eigenvalue weighted by molar-refractivity contribution is -0.137. The number of hydrogen-bond donors (Lipinski definition) is 1. The topological polar surface area (TPSA) is 46.3 Å². The number of piperidine rings is 1. The Balaban J connectivity index is 1.59. The summed E-state index contributed by atoms with van der Waals surface area (Å²) in [4.78, 5) is 14.8. The molecule has 4 unspecified atom stereocenters. The molecule has 3 rings (SSSR count). The van der Waals surface area contributed by atoms with Crippen molar-refractivity contribution < 1.29 is 4.79 Å². The van der Waals surface area contributed by atoms with Gasteiger partial charge in [-0.15, -0.1) is 0 Å². The molecule has 1 heterocycles. The number of fused-ring (bicyclic) bond motifs is 1. The molecule has 2 N–H and O–H groups in total. The number of amides is 1. The van der Waals surface area contributed by atoms with Gasteiger partial charge in [0.15, 0.2) is 0 Å². The van der Waals surface area contributed by atoms with Crippen LogP contribution in [0.15, 0.2) is 0 Å². The first kappa shape index (κ1) is 13.4. The predicted octanol–water partition coefficient (Wildman–Crippen LogP) is 2.69. The zero-order valence-electron chi connectivity index (χ0n) is 12.0. The number of rotatable bonds is 2. The average Bonchev–Trinajstić information content (AvgIpc) is 2.89. The third kappa shape index (κ3) is 2.81. The van der Waals surface area contributed by atoms with Gasteiger partial charge in [0, 0.05) is 25.0 Å². The van der Waals surface area contributed by atoms with E-state index in [2.05, 4.69) is 4.90 Å². The summed E-state index contributed by atoms with van der Waals surface area (Å²) in [6, 6.07) is 0.836. The van der Waals surface area contributed by atoms with E-state index < -0.39 is 0 Å². The molecule has 0 aromatic rings. The highest BCUT2D eigenvalue weighted by molar-refractivity contribution is 5.77. The van der Waals surface area contributed by atoms with E-state index >= 15 is 0 Å². The molecule has 0 spiro atoms. The monoisotopic (exact) mass is 264 g/mol. The molecule has 4 atom stereocenters. The molecule has 3 aliphatic rings. The van der Waals surface area contributed by atoms with Crippen LogP contribution in [0.25, 0.3) is 0 Å². The van der Waals surface area contributed by atoms with Crippen molar-refractivity contribution in [1.82, 2.24) is 4.90 Å². The zero-order valence-corrected chi connectivity index (χ0v) is 12.0. The quantitative estimate of drug-likeness (QED) is 0.833. The first-order chi connectivity index (χ1) is 9.25. The van der Waals surface area contributed by atoms with Crippen molar-refractivity contribution in [3.8, 4) is 0 Å². The lowest BCUT2D eigenvalue weighted by Gasteiger charge is -2.39. The summed E-state index contributed by atoms with van der Waals surface area (Å²) >= 11 is 0. The summed E-state index contributed by atoms with van der Waals surface area (Å²) in [7, 11) is 0. The van der Waals surface area contributed by atoms with Gasteiger partial charge in [-0.1, -0.05) is 19.3 Å². The summed E-state index contributed by atoms with van der Waals surface area (Å²) in [5.74, 6) is 1.65. The molecule has 1 aliphatic heterocycles. The minimum atomic E-state index is 0.266. The van der Waals surface area contributed by atoms with Crippen LogP contribution in [0, 0.1) is 11.8 Å². The molecule has 2 saturated carbocycles. The van der Waals surface area contributed by atoms with E-state index in [1.165, 1.54) is 44.9 Å². The van der Waals surface area contributed by atoms with Crippen LogP contribution < -0.4 is 5.73 Å². The van der Waals surface area contributed by atoms with Crippen molar-refractivity contribution in [3.63, 3.8) is 0 Å². The Hall–Kier alpha value is -0.570. The van der Waals surface area contributed by atoms with E-state index in [-0.39, 0.29) is 6.04 Å². The summed E-state index contributed by atoms with van der Waals surface area (Å²) in [6.45, 7) is 1.00. The molecule has 1 saturated heterocycles.